The van der Waals surface area contributed by atoms with Crippen molar-refractivity contribution in [3.8, 4) is 67.5 Å². The molecule has 0 aliphatic rings. The van der Waals surface area contributed by atoms with E-state index < -0.39 is 0 Å². The maximum absolute atomic E-state index is 6.25. The fourth-order valence-corrected chi connectivity index (χ4v) is 10.5. The van der Waals surface area contributed by atoms with Crippen LogP contribution in [0.1, 0.15) is 0 Å². The summed E-state index contributed by atoms with van der Waals surface area (Å²) in [5.41, 5.74) is 17.7. The first kappa shape index (κ1) is 38.9. The summed E-state index contributed by atoms with van der Waals surface area (Å²) in [5.74, 6) is 0.664. The lowest BCUT2D eigenvalue weighted by Crippen LogP contribution is -1.97. The quantitative estimate of drug-likeness (QED) is 0.160. The highest BCUT2D eigenvalue weighted by Gasteiger charge is 2.19. The van der Waals surface area contributed by atoms with Crippen molar-refractivity contribution in [2.75, 3.05) is 0 Å². The molecule has 4 aromatic heterocycles. The normalized spacial score (nSPS) is 11.8. The molecule has 10 aromatic carbocycles. The highest BCUT2D eigenvalue weighted by molar-refractivity contribution is 6.12. The Bertz CT molecular complexity index is 4120. The summed E-state index contributed by atoms with van der Waals surface area (Å²) >= 11 is 0. The summed E-state index contributed by atoms with van der Waals surface area (Å²) in [6.45, 7) is 0. The molecule has 322 valence electrons. The first-order valence-corrected chi connectivity index (χ1v) is 23.4. The van der Waals surface area contributed by atoms with Crippen LogP contribution in [0, 0.1) is 0 Å². The van der Waals surface area contributed by atoms with Crippen molar-refractivity contribution in [3.63, 3.8) is 0 Å². The molecule has 0 radical (unpaired) electrons. The topological polar surface area (TPSA) is 48.8 Å². The second kappa shape index (κ2) is 15.7. The zero-order chi connectivity index (χ0) is 45.4. The highest BCUT2D eigenvalue weighted by atomic mass is 16.3. The molecule has 0 unspecified atom stereocenters. The van der Waals surface area contributed by atoms with E-state index in [1.54, 1.807) is 0 Å². The van der Waals surface area contributed by atoms with Crippen LogP contribution in [0.5, 0.6) is 0 Å². The Kier molecular flexibility index (Phi) is 8.83. The van der Waals surface area contributed by atoms with Crippen molar-refractivity contribution in [2.24, 2.45) is 0 Å². The average Bonchev–Trinajstić information content (AvgIpc) is 4.08. The Hall–Kier alpha value is -9.32. The average molecular weight is 881 g/mol. The van der Waals surface area contributed by atoms with Crippen LogP contribution >= 0.6 is 0 Å². The fourth-order valence-electron chi connectivity index (χ4n) is 10.5. The van der Waals surface area contributed by atoms with Crippen molar-refractivity contribution in [2.45, 2.75) is 0 Å². The number of furan rings is 1. The van der Waals surface area contributed by atoms with Gasteiger partial charge in [-0.15, -0.1) is 0 Å². The predicted octanol–water partition coefficient (Wildman–Crippen LogP) is 16.9. The Morgan fingerprint density at radius 2 is 0.696 bits per heavy atom. The molecule has 0 amide bonds. The minimum atomic E-state index is 0.664. The third-order valence-corrected chi connectivity index (χ3v) is 13.7. The van der Waals surface area contributed by atoms with E-state index in [9.17, 15) is 0 Å². The molecule has 0 aliphatic carbocycles. The van der Waals surface area contributed by atoms with E-state index in [4.69, 9.17) is 14.4 Å². The van der Waals surface area contributed by atoms with Crippen molar-refractivity contribution in [3.05, 3.63) is 243 Å². The number of rotatable bonds is 7. The van der Waals surface area contributed by atoms with E-state index in [-0.39, 0.29) is 0 Å². The van der Waals surface area contributed by atoms with Gasteiger partial charge in [0.2, 0.25) is 0 Å². The minimum absolute atomic E-state index is 0.664. The zero-order valence-electron chi connectivity index (χ0n) is 37.3. The molecule has 4 heterocycles. The minimum Gasteiger partial charge on any atom is -0.456 e. The molecule has 0 spiro atoms. The molecule has 0 atom stereocenters. The number of aromatic nitrogens is 4. The van der Waals surface area contributed by atoms with Gasteiger partial charge in [-0.1, -0.05) is 133 Å². The van der Waals surface area contributed by atoms with E-state index in [1.807, 2.05) is 30.3 Å². The fraction of sp³-hybridized carbons (Fsp3) is 0. The first-order chi connectivity index (χ1) is 34.2. The molecular weight excluding hydrogens is 841 g/mol. The molecule has 0 N–H and O–H groups in total. The number of hydrogen-bond donors (Lipinski definition) is 0. The van der Waals surface area contributed by atoms with Gasteiger partial charge in [0.1, 0.15) is 11.2 Å². The van der Waals surface area contributed by atoms with Gasteiger partial charge in [0, 0.05) is 60.4 Å². The SMILES string of the molecule is c1ccc(-c2nc(-c3cc(-c4ccc5c(c4)c4ccccc4n5-c4ccccc4)cc(-c4ccc5c(c4)c4ccccc4n5-c4ccccc4)c3)cc(-c3ccc4oc5ccccc5c4c3)n2)cc1. The standard InChI is InChI=1S/C64H40N4O/c1-4-16-41(17-5-1)64-65-56(44-30-33-63-55(39-44)52-24-12-15-27-62(52)69-63)40-57(66-64)47-35-45(42-28-31-60-53(37-42)50-22-10-13-25-58(50)67(60)48-18-6-2-7-19-48)34-46(36-47)43-29-32-61-54(38-43)51-23-11-14-26-59(51)68(61)49-20-8-3-9-21-49/h1-40H. The van der Waals surface area contributed by atoms with Crippen LogP contribution in [0.25, 0.3) is 133 Å². The molecule has 69 heavy (non-hydrogen) atoms. The zero-order valence-corrected chi connectivity index (χ0v) is 37.3. The largest absolute Gasteiger partial charge is 0.456 e. The summed E-state index contributed by atoms with van der Waals surface area (Å²) < 4.78 is 11.0. The Morgan fingerprint density at radius 1 is 0.261 bits per heavy atom. The van der Waals surface area contributed by atoms with Gasteiger partial charge in [0.25, 0.3) is 0 Å². The molecule has 5 heteroatoms. The number of para-hydroxylation sites is 5. The highest BCUT2D eigenvalue weighted by Crippen LogP contribution is 2.41. The smallest absolute Gasteiger partial charge is 0.160 e. The van der Waals surface area contributed by atoms with Crippen LogP contribution in [-0.4, -0.2) is 19.1 Å². The van der Waals surface area contributed by atoms with Gasteiger partial charge in [0.05, 0.1) is 33.5 Å². The van der Waals surface area contributed by atoms with Crippen LogP contribution in [0.3, 0.4) is 0 Å². The van der Waals surface area contributed by atoms with E-state index in [0.29, 0.717) is 5.82 Å². The molecule has 0 saturated carbocycles. The third-order valence-electron chi connectivity index (χ3n) is 13.7. The molecule has 0 fully saturated rings. The van der Waals surface area contributed by atoms with E-state index in [1.165, 1.54) is 32.6 Å². The maximum atomic E-state index is 6.25. The Morgan fingerprint density at radius 3 is 1.29 bits per heavy atom. The van der Waals surface area contributed by atoms with Crippen molar-refractivity contribution < 1.29 is 4.42 Å². The summed E-state index contributed by atoms with van der Waals surface area (Å²) in [6.07, 6.45) is 0. The summed E-state index contributed by atoms with van der Waals surface area (Å²) in [7, 11) is 0. The van der Waals surface area contributed by atoms with Gasteiger partial charge in [-0.3, -0.25) is 0 Å². The first-order valence-electron chi connectivity index (χ1n) is 23.4. The molecule has 0 bridgehead atoms. The summed E-state index contributed by atoms with van der Waals surface area (Å²) in [4.78, 5) is 10.7. The maximum Gasteiger partial charge on any atom is 0.160 e. The lowest BCUT2D eigenvalue weighted by molar-refractivity contribution is 0.669. The van der Waals surface area contributed by atoms with Gasteiger partial charge in [0.15, 0.2) is 5.82 Å². The number of fused-ring (bicyclic) bond motifs is 9. The van der Waals surface area contributed by atoms with Crippen LogP contribution in [0.15, 0.2) is 247 Å². The Labute approximate surface area is 397 Å². The number of nitrogens with zero attached hydrogens (tertiary/aromatic N) is 4. The molecule has 14 rings (SSSR count). The second-order valence-electron chi connectivity index (χ2n) is 17.8. The van der Waals surface area contributed by atoms with Crippen LogP contribution in [0.2, 0.25) is 0 Å². The second-order valence-corrected chi connectivity index (χ2v) is 17.8. The van der Waals surface area contributed by atoms with Gasteiger partial charge < -0.3 is 13.6 Å². The molecule has 5 nitrogen and oxygen atoms in total. The third kappa shape index (κ3) is 6.47. The lowest BCUT2D eigenvalue weighted by atomic mass is 9.93. The van der Waals surface area contributed by atoms with E-state index >= 15 is 0 Å². The van der Waals surface area contributed by atoms with Crippen molar-refractivity contribution in [1.82, 2.24) is 19.1 Å². The van der Waals surface area contributed by atoms with E-state index in [2.05, 4.69) is 221 Å². The van der Waals surface area contributed by atoms with E-state index in [0.717, 1.165) is 94.7 Å². The van der Waals surface area contributed by atoms with Crippen molar-refractivity contribution in [1.29, 1.82) is 0 Å². The predicted molar refractivity (Wildman–Crippen MR) is 285 cm³/mol. The number of benzene rings is 10. The van der Waals surface area contributed by atoms with Gasteiger partial charge >= 0.3 is 0 Å². The molecular formula is C64H40N4O. The van der Waals surface area contributed by atoms with Crippen LogP contribution in [-0.2, 0) is 0 Å². The molecule has 0 aliphatic heterocycles. The van der Waals surface area contributed by atoms with Crippen molar-refractivity contribution >= 4 is 65.6 Å². The summed E-state index contributed by atoms with van der Waals surface area (Å²) in [6, 6.07) is 86.5. The van der Waals surface area contributed by atoms with Crippen LogP contribution in [0.4, 0.5) is 0 Å². The van der Waals surface area contributed by atoms with Gasteiger partial charge in [-0.05, 0) is 131 Å². The summed E-state index contributed by atoms with van der Waals surface area (Å²) in [5, 5.41) is 6.97. The van der Waals surface area contributed by atoms with Crippen LogP contribution < -0.4 is 0 Å². The van der Waals surface area contributed by atoms with Gasteiger partial charge in [-0.25, -0.2) is 9.97 Å². The number of hydrogen-bond acceptors (Lipinski definition) is 3. The Balaban J connectivity index is 1.00. The molecule has 0 saturated heterocycles. The monoisotopic (exact) mass is 880 g/mol. The molecule has 14 aromatic rings. The lowest BCUT2D eigenvalue weighted by Gasteiger charge is -2.14. The van der Waals surface area contributed by atoms with Gasteiger partial charge in [-0.2, -0.15) is 0 Å².